The van der Waals surface area contributed by atoms with Crippen LogP contribution < -0.4 is 0 Å². The summed E-state index contributed by atoms with van der Waals surface area (Å²) in [5.74, 6) is 0.710. The minimum atomic E-state index is 0.710. The van der Waals surface area contributed by atoms with Gasteiger partial charge in [0.05, 0.1) is 0 Å². The quantitative estimate of drug-likeness (QED) is 0.586. The Labute approximate surface area is 84.2 Å². The molecular formula is C12H13Cl. The number of allylic oxidation sites excluding steroid dienone is 2. The van der Waals surface area contributed by atoms with E-state index in [0.29, 0.717) is 5.92 Å². The highest BCUT2D eigenvalue weighted by Gasteiger charge is 2.11. The van der Waals surface area contributed by atoms with Gasteiger partial charge < -0.3 is 0 Å². The van der Waals surface area contributed by atoms with Crippen LogP contribution in [0.25, 0.3) is 0 Å². The average molecular weight is 193 g/mol. The van der Waals surface area contributed by atoms with Crippen LogP contribution in [0, 0.1) is 0 Å². The topological polar surface area (TPSA) is 0 Å². The van der Waals surface area contributed by atoms with Gasteiger partial charge >= 0.3 is 0 Å². The highest BCUT2D eigenvalue weighted by molar-refractivity contribution is 6.30. The SMILES string of the molecule is Clc1ccc(C2CC=CCC2)cc1. The predicted octanol–water partition coefficient (Wildman–Crippen LogP) is 4.16. The number of hydrogen-bond acceptors (Lipinski definition) is 0. The van der Waals surface area contributed by atoms with Gasteiger partial charge in [-0.15, -0.1) is 0 Å². The first-order valence-corrected chi connectivity index (χ1v) is 5.14. The van der Waals surface area contributed by atoms with Gasteiger partial charge in [-0.3, -0.25) is 0 Å². The van der Waals surface area contributed by atoms with Gasteiger partial charge in [0.25, 0.3) is 0 Å². The molecule has 0 fully saturated rings. The first-order chi connectivity index (χ1) is 6.36. The van der Waals surface area contributed by atoms with Gasteiger partial charge in [-0.1, -0.05) is 35.9 Å². The Hall–Kier alpha value is -0.750. The zero-order valence-electron chi connectivity index (χ0n) is 7.54. The zero-order valence-corrected chi connectivity index (χ0v) is 8.30. The maximum absolute atomic E-state index is 5.84. The lowest BCUT2D eigenvalue weighted by Gasteiger charge is -2.17. The molecule has 2 rings (SSSR count). The summed E-state index contributed by atoms with van der Waals surface area (Å²) in [6.07, 6.45) is 8.22. The first-order valence-electron chi connectivity index (χ1n) is 4.77. The smallest absolute Gasteiger partial charge is 0.0406 e. The van der Waals surface area contributed by atoms with Crippen molar-refractivity contribution in [3.8, 4) is 0 Å². The maximum atomic E-state index is 5.84. The van der Waals surface area contributed by atoms with E-state index in [4.69, 9.17) is 11.6 Å². The second-order valence-electron chi connectivity index (χ2n) is 3.53. The van der Waals surface area contributed by atoms with Crippen molar-refractivity contribution in [3.63, 3.8) is 0 Å². The first kappa shape index (κ1) is 8.83. The minimum absolute atomic E-state index is 0.710. The molecule has 68 valence electrons. The lowest BCUT2D eigenvalue weighted by Crippen LogP contribution is -2.00. The Morgan fingerprint density at radius 1 is 1.08 bits per heavy atom. The summed E-state index contributed by atoms with van der Waals surface area (Å²) in [6, 6.07) is 8.25. The highest BCUT2D eigenvalue weighted by Crippen LogP contribution is 2.29. The number of benzene rings is 1. The van der Waals surface area contributed by atoms with E-state index in [-0.39, 0.29) is 0 Å². The summed E-state index contributed by atoms with van der Waals surface area (Å²) in [7, 11) is 0. The second kappa shape index (κ2) is 3.97. The third-order valence-corrected chi connectivity index (χ3v) is 2.86. The molecule has 0 aliphatic heterocycles. The van der Waals surface area contributed by atoms with Crippen LogP contribution in [0.1, 0.15) is 30.7 Å². The van der Waals surface area contributed by atoms with Crippen LogP contribution in [0.15, 0.2) is 36.4 Å². The molecule has 1 atom stereocenters. The molecule has 0 saturated heterocycles. The summed E-state index contributed by atoms with van der Waals surface area (Å²) in [5, 5.41) is 0.829. The molecule has 0 radical (unpaired) electrons. The van der Waals surface area contributed by atoms with Gasteiger partial charge in [0.15, 0.2) is 0 Å². The van der Waals surface area contributed by atoms with Crippen molar-refractivity contribution in [2.75, 3.05) is 0 Å². The van der Waals surface area contributed by atoms with Crippen LogP contribution in [0.2, 0.25) is 5.02 Å². The fourth-order valence-electron chi connectivity index (χ4n) is 1.83. The van der Waals surface area contributed by atoms with Crippen molar-refractivity contribution < 1.29 is 0 Å². The van der Waals surface area contributed by atoms with Gasteiger partial charge in [-0.05, 0) is 42.9 Å². The Kier molecular flexibility index (Phi) is 2.70. The van der Waals surface area contributed by atoms with E-state index < -0.39 is 0 Å². The molecule has 0 spiro atoms. The third kappa shape index (κ3) is 2.13. The molecule has 0 heterocycles. The molecule has 1 aliphatic carbocycles. The van der Waals surface area contributed by atoms with Crippen LogP contribution in [-0.2, 0) is 0 Å². The molecule has 1 aliphatic rings. The molecule has 0 amide bonds. The summed E-state index contributed by atoms with van der Waals surface area (Å²) in [6.45, 7) is 0. The van der Waals surface area contributed by atoms with E-state index in [2.05, 4.69) is 24.3 Å². The monoisotopic (exact) mass is 192 g/mol. The van der Waals surface area contributed by atoms with Crippen LogP contribution in [0.5, 0.6) is 0 Å². The number of hydrogen-bond donors (Lipinski definition) is 0. The normalized spacial score (nSPS) is 21.8. The Morgan fingerprint density at radius 2 is 1.85 bits per heavy atom. The Morgan fingerprint density at radius 3 is 2.46 bits per heavy atom. The molecule has 0 aromatic heterocycles. The largest absolute Gasteiger partial charge is 0.0885 e. The van der Waals surface area contributed by atoms with E-state index in [9.17, 15) is 0 Å². The van der Waals surface area contributed by atoms with Gasteiger partial charge in [-0.25, -0.2) is 0 Å². The van der Waals surface area contributed by atoms with Crippen molar-refractivity contribution in [1.29, 1.82) is 0 Å². The summed E-state index contributed by atoms with van der Waals surface area (Å²) < 4.78 is 0. The molecular weight excluding hydrogens is 180 g/mol. The minimum Gasteiger partial charge on any atom is -0.0885 e. The second-order valence-corrected chi connectivity index (χ2v) is 3.97. The molecule has 0 N–H and O–H groups in total. The van der Waals surface area contributed by atoms with Crippen LogP contribution in [0.3, 0.4) is 0 Å². The van der Waals surface area contributed by atoms with Crippen molar-refractivity contribution >= 4 is 11.6 Å². The van der Waals surface area contributed by atoms with E-state index >= 15 is 0 Å². The molecule has 1 aromatic carbocycles. The van der Waals surface area contributed by atoms with Gasteiger partial charge in [0, 0.05) is 5.02 Å². The summed E-state index contributed by atoms with van der Waals surface area (Å²) >= 11 is 5.84. The lowest BCUT2D eigenvalue weighted by atomic mass is 9.88. The van der Waals surface area contributed by atoms with Crippen molar-refractivity contribution in [2.45, 2.75) is 25.2 Å². The van der Waals surface area contributed by atoms with Crippen LogP contribution in [-0.4, -0.2) is 0 Å². The predicted molar refractivity (Wildman–Crippen MR) is 57.2 cm³/mol. The van der Waals surface area contributed by atoms with E-state index in [1.54, 1.807) is 0 Å². The molecule has 0 saturated carbocycles. The van der Waals surface area contributed by atoms with Gasteiger partial charge in [0.1, 0.15) is 0 Å². The third-order valence-electron chi connectivity index (χ3n) is 2.61. The van der Waals surface area contributed by atoms with Crippen molar-refractivity contribution in [1.82, 2.24) is 0 Å². The molecule has 0 nitrogen and oxygen atoms in total. The molecule has 1 unspecified atom stereocenters. The van der Waals surface area contributed by atoms with Crippen molar-refractivity contribution in [2.24, 2.45) is 0 Å². The maximum Gasteiger partial charge on any atom is 0.0406 e. The van der Waals surface area contributed by atoms with Crippen LogP contribution in [0.4, 0.5) is 0 Å². The van der Waals surface area contributed by atoms with Gasteiger partial charge in [-0.2, -0.15) is 0 Å². The average Bonchev–Trinajstić information content (AvgIpc) is 2.20. The zero-order chi connectivity index (χ0) is 9.10. The van der Waals surface area contributed by atoms with E-state index in [1.807, 2.05) is 12.1 Å². The molecule has 1 heteroatoms. The Balaban J connectivity index is 2.15. The lowest BCUT2D eigenvalue weighted by molar-refractivity contribution is 0.617. The molecule has 0 bridgehead atoms. The highest BCUT2D eigenvalue weighted by atomic mass is 35.5. The van der Waals surface area contributed by atoms with Crippen molar-refractivity contribution in [3.05, 3.63) is 47.0 Å². The summed E-state index contributed by atoms with van der Waals surface area (Å²) in [4.78, 5) is 0. The number of halogens is 1. The van der Waals surface area contributed by atoms with E-state index in [0.717, 1.165) is 5.02 Å². The van der Waals surface area contributed by atoms with Crippen LogP contribution >= 0.6 is 11.6 Å². The van der Waals surface area contributed by atoms with Gasteiger partial charge in [0.2, 0.25) is 0 Å². The molecule has 1 aromatic rings. The standard InChI is InChI=1S/C12H13Cl/c13-12-8-6-11(7-9-12)10-4-2-1-3-5-10/h1-2,6-10H,3-5H2. The number of rotatable bonds is 1. The summed E-state index contributed by atoms with van der Waals surface area (Å²) in [5.41, 5.74) is 1.42. The molecule has 13 heavy (non-hydrogen) atoms. The Bertz CT molecular complexity index is 297. The fourth-order valence-corrected chi connectivity index (χ4v) is 1.96. The fraction of sp³-hybridized carbons (Fsp3) is 0.333. The van der Waals surface area contributed by atoms with E-state index in [1.165, 1.54) is 24.8 Å².